The molecule has 0 aliphatic carbocycles. The molecule has 1 saturated heterocycles. The normalized spacial score (nSPS) is 23.4. The van der Waals surface area contributed by atoms with Gasteiger partial charge in [0.1, 0.15) is 18.8 Å². The number of halogens is 1. The molecule has 2 aromatic carbocycles. The van der Waals surface area contributed by atoms with Crippen molar-refractivity contribution in [3.63, 3.8) is 0 Å². The van der Waals surface area contributed by atoms with Gasteiger partial charge in [-0.05, 0) is 51.9 Å². The van der Waals surface area contributed by atoms with Crippen LogP contribution in [0.5, 0.6) is 0 Å². The van der Waals surface area contributed by atoms with Gasteiger partial charge in [-0.2, -0.15) is 0 Å². The Bertz CT molecular complexity index is 1290. The van der Waals surface area contributed by atoms with E-state index in [2.05, 4.69) is 15.9 Å². The Balaban J connectivity index is 1.41. The first-order chi connectivity index (χ1) is 21.1. The summed E-state index contributed by atoms with van der Waals surface area (Å²) in [5, 5.41) is 21.2. The van der Waals surface area contributed by atoms with Gasteiger partial charge in [0.05, 0.1) is 36.3 Å². The molecule has 1 fully saturated rings. The van der Waals surface area contributed by atoms with Crippen LogP contribution in [0.1, 0.15) is 37.8 Å². The number of imide groups is 1. The summed E-state index contributed by atoms with van der Waals surface area (Å²) in [6, 6.07) is 18.3. The summed E-state index contributed by atoms with van der Waals surface area (Å²) < 4.78 is 22.8. The third-order valence-electron chi connectivity index (χ3n) is 7.78. The van der Waals surface area contributed by atoms with Crippen molar-refractivity contribution in [3.8, 4) is 0 Å². The monoisotopic (exact) mass is 673 g/mol. The van der Waals surface area contributed by atoms with Gasteiger partial charge in [0.25, 0.3) is 0 Å². The van der Waals surface area contributed by atoms with Crippen LogP contribution in [-0.2, 0) is 41.6 Å². The van der Waals surface area contributed by atoms with Gasteiger partial charge in [-0.15, -0.1) is 0 Å². The largest absolute Gasteiger partial charge is 0.447 e. The van der Waals surface area contributed by atoms with Crippen molar-refractivity contribution < 1.29 is 43.5 Å². The van der Waals surface area contributed by atoms with Crippen LogP contribution in [-0.4, -0.2) is 83.4 Å². The summed E-state index contributed by atoms with van der Waals surface area (Å²) in [4.78, 5) is 41.0. The van der Waals surface area contributed by atoms with Crippen molar-refractivity contribution in [2.75, 3.05) is 26.4 Å². The minimum Gasteiger partial charge on any atom is -0.447 e. The lowest BCUT2D eigenvalue weighted by Crippen LogP contribution is -2.54. The van der Waals surface area contributed by atoms with Crippen LogP contribution < -0.4 is 0 Å². The van der Waals surface area contributed by atoms with Crippen molar-refractivity contribution in [2.45, 2.75) is 63.8 Å². The zero-order chi connectivity index (χ0) is 31.7. The third kappa shape index (κ3) is 8.62. The fourth-order valence-electron chi connectivity index (χ4n) is 5.22. The first-order valence-electron chi connectivity index (χ1n) is 14.8. The molecule has 0 radical (unpaired) electrons. The second kappa shape index (κ2) is 15.9. The van der Waals surface area contributed by atoms with Gasteiger partial charge in [0.15, 0.2) is 11.6 Å². The standard InChI is InChI=1S/C33H40BrNO9/c1-22(2)27-21-43-32(39)35(27)31(38)26(16-23-10-5-3-6-11-23)30-28(37)17-29(34)33(40,44-30)14-9-15-41-20-25(18-36)42-19-24-12-7-4-8-13-24/h3-8,10-13,17,22,25-27,30,36,40H,9,14-16,18-21H2,1-2H3/t25-,26+,27+,30-,33+/m1/s1. The van der Waals surface area contributed by atoms with Crippen LogP contribution in [0.3, 0.4) is 0 Å². The zero-order valence-corrected chi connectivity index (χ0v) is 26.6. The van der Waals surface area contributed by atoms with Crippen LogP contribution >= 0.6 is 15.9 Å². The smallest absolute Gasteiger partial charge is 0.416 e. The highest BCUT2D eigenvalue weighted by molar-refractivity contribution is 9.11. The summed E-state index contributed by atoms with van der Waals surface area (Å²) >= 11 is 3.28. The lowest BCUT2D eigenvalue weighted by atomic mass is 9.87. The molecule has 0 unspecified atom stereocenters. The number of aliphatic hydroxyl groups excluding tert-OH is 1. The topological polar surface area (TPSA) is 132 Å². The van der Waals surface area contributed by atoms with E-state index in [1.54, 1.807) is 0 Å². The zero-order valence-electron chi connectivity index (χ0n) is 25.0. The highest BCUT2D eigenvalue weighted by Gasteiger charge is 2.50. The van der Waals surface area contributed by atoms with Gasteiger partial charge < -0.3 is 29.2 Å². The van der Waals surface area contributed by atoms with Gasteiger partial charge in [-0.1, -0.05) is 74.5 Å². The minimum atomic E-state index is -1.90. The van der Waals surface area contributed by atoms with Crippen LogP contribution in [0.2, 0.25) is 0 Å². The molecule has 2 heterocycles. The van der Waals surface area contributed by atoms with Crippen molar-refractivity contribution in [3.05, 3.63) is 82.3 Å². The Morgan fingerprint density at radius 1 is 1.09 bits per heavy atom. The molecule has 2 aliphatic heterocycles. The summed E-state index contributed by atoms with van der Waals surface area (Å²) in [6.45, 7) is 4.35. The Kier molecular flexibility index (Phi) is 12.3. The van der Waals surface area contributed by atoms with E-state index in [0.717, 1.165) is 16.0 Å². The molecular formula is C33H40BrNO9. The predicted molar refractivity (Wildman–Crippen MR) is 164 cm³/mol. The molecule has 2 aliphatic rings. The van der Waals surface area contributed by atoms with Gasteiger partial charge in [0, 0.05) is 13.0 Å². The van der Waals surface area contributed by atoms with Crippen molar-refractivity contribution in [1.82, 2.24) is 4.90 Å². The maximum Gasteiger partial charge on any atom is 0.416 e. The molecule has 10 nitrogen and oxygen atoms in total. The SMILES string of the molecule is CC(C)[C@@H]1COC(=O)N1C(=O)[C@@H](Cc1ccccc1)[C@H]1O[C@@](O)(CCCOC[C@@H](CO)OCc2ccccc2)C(Br)=CC1=O. The number of cyclic esters (lactones) is 1. The summed E-state index contributed by atoms with van der Waals surface area (Å²) in [6.07, 6.45) is -0.885. The van der Waals surface area contributed by atoms with E-state index < -0.39 is 47.7 Å². The van der Waals surface area contributed by atoms with Crippen LogP contribution in [0, 0.1) is 11.8 Å². The number of rotatable bonds is 15. The minimum absolute atomic E-state index is 0.0507. The molecular weight excluding hydrogens is 634 g/mol. The molecule has 2 N–H and O–H groups in total. The molecule has 2 amide bonds. The fraction of sp³-hybridized carbons (Fsp3) is 0.485. The number of carbonyl (C=O) groups excluding carboxylic acids is 3. The molecule has 0 saturated carbocycles. The first kappa shape index (κ1) is 34.0. The lowest BCUT2D eigenvalue weighted by Gasteiger charge is -2.39. The van der Waals surface area contributed by atoms with E-state index in [-0.39, 0.29) is 49.7 Å². The summed E-state index contributed by atoms with van der Waals surface area (Å²) in [5.41, 5.74) is 1.75. The molecule has 44 heavy (non-hydrogen) atoms. The number of ether oxygens (including phenoxy) is 4. The Morgan fingerprint density at radius 2 is 1.75 bits per heavy atom. The average Bonchev–Trinajstić information content (AvgIpc) is 3.41. The van der Waals surface area contributed by atoms with E-state index in [0.29, 0.717) is 13.0 Å². The predicted octanol–water partition coefficient (Wildman–Crippen LogP) is 4.16. The third-order valence-corrected chi connectivity index (χ3v) is 8.63. The van der Waals surface area contributed by atoms with E-state index in [1.807, 2.05) is 74.5 Å². The average molecular weight is 675 g/mol. The van der Waals surface area contributed by atoms with Crippen molar-refractivity contribution in [2.24, 2.45) is 11.8 Å². The molecule has 238 valence electrons. The number of carbonyl (C=O) groups is 3. The van der Waals surface area contributed by atoms with Gasteiger partial charge in [-0.3, -0.25) is 9.59 Å². The van der Waals surface area contributed by atoms with Crippen LogP contribution in [0.25, 0.3) is 0 Å². The molecule has 4 rings (SSSR count). The molecule has 0 bridgehead atoms. The number of benzene rings is 2. The van der Waals surface area contributed by atoms with Crippen LogP contribution in [0.4, 0.5) is 4.79 Å². The number of aliphatic hydroxyl groups is 2. The number of nitrogens with zero attached hydrogens (tertiary/aromatic N) is 1. The number of hydrogen-bond donors (Lipinski definition) is 2. The summed E-state index contributed by atoms with van der Waals surface area (Å²) in [5.74, 6) is -4.15. The van der Waals surface area contributed by atoms with E-state index in [1.165, 1.54) is 6.08 Å². The first-order valence-corrected chi connectivity index (χ1v) is 15.6. The highest BCUT2D eigenvalue weighted by atomic mass is 79.9. The summed E-state index contributed by atoms with van der Waals surface area (Å²) in [7, 11) is 0. The highest BCUT2D eigenvalue weighted by Crippen LogP contribution is 2.38. The van der Waals surface area contributed by atoms with Crippen molar-refractivity contribution >= 4 is 33.7 Å². The molecule has 0 spiro atoms. The Morgan fingerprint density at radius 3 is 2.39 bits per heavy atom. The molecule has 0 aromatic heterocycles. The second-order valence-corrected chi connectivity index (χ2v) is 12.2. The number of amides is 2. The van der Waals surface area contributed by atoms with E-state index >= 15 is 0 Å². The Labute approximate surface area is 266 Å². The number of hydrogen-bond acceptors (Lipinski definition) is 9. The number of ketones is 1. The van der Waals surface area contributed by atoms with E-state index in [4.69, 9.17) is 18.9 Å². The molecule has 5 atom stereocenters. The maximum absolute atomic E-state index is 14.0. The maximum atomic E-state index is 14.0. The second-order valence-electron chi connectivity index (χ2n) is 11.4. The quantitative estimate of drug-likeness (QED) is 0.268. The van der Waals surface area contributed by atoms with Crippen LogP contribution in [0.15, 0.2) is 71.2 Å². The van der Waals surface area contributed by atoms with Gasteiger partial charge in [-0.25, -0.2) is 9.69 Å². The lowest BCUT2D eigenvalue weighted by molar-refractivity contribution is -0.219. The van der Waals surface area contributed by atoms with Gasteiger partial charge in [0.2, 0.25) is 5.91 Å². The molecule has 2 aromatic rings. The van der Waals surface area contributed by atoms with Gasteiger partial charge >= 0.3 is 6.09 Å². The fourth-order valence-corrected chi connectivity index (χ4v) is 5.74. The van der Waals surface area contributed by atoms with E-state index in [9.17, 15) is 24.6 Å². The van der Waals surface area contributed by atoms with Crippen molar-refractivity contribution in [1.29, 1.82) is 0 Å². The Hall–Kier alpha value is -2.93. The molecule has 11 heteroatoms.